The first-order valence-corrected chi connectivity index (χ1v) is 14.0. The second-order valence-corrected chi connectivity index (χ2v) is 10.3. The monoisotopic (exact) mass is 634 g/mol. The largest absolute Gasteiger partial charge is 0.487 e. The second kappa shape index (κ2) is 14.2. The zero-order chi connectivity index (χ0) is 29.6. The minimum absolute atomic E-state index is 0. The molecule has 0 bridgehead atoms. The van der Waals surface area contributed by atoms with Crippen LogP contribution < -0.4 is 15.4 Å². The van der Waals surface area contributed by atoms with Crippen molar-refractivity contribution in [2.45, 2.75) is 20.1 Å². The first-order chi connectivity index (χ1) is 20.3. The molecule has 0 aliphatic carbocycles. The van der Waals surface area contributed by atoms with E-state index in [1.165, 1.54) is 6.08 Å². The third-order valence-electron chi connectivity index (χ3n) is 6.72. The van der Waals surface area contributed by atoms with Crippen molar-refractivity contribution < 1.29 is 14.3 Å². The zero-order valence-electron chi connectivity index (χ0n) is 23.4. The number of benzene rings is 3. The Kier molecular flexibility index (Phi) is 10.5. The molecule has 2 aromatic heterocycles. The molecule has 0 aliphatic heterocycles. The number of nitrogens with zero attached hydrogens (tertiary/aromatic N) is 2. The molecule has 43 heavy (non-hydrogen) atoms. The zero-order valence-corrected chi connectivity index (χ0v) is 25.8. The molecular weight excluding hydrogens is 607 g/mol. The summed E-state index contributed by atoms with van der Waals surface area (Å²) in [6, 6.07) is 24.2. The highest BCUT2D eigenvalue weighted by Gasteiger charge is 2.16. The van der Waals surface area contributed by atoms with Crippen molar-refractivity contribution in [2.24, 2.45) is 0 Å². The number of nitrogens with one attached hydrogen (secondary N) is 2. The van der Waals surface area contributed by atoms with Crippen LogP contribution in [0, 0.1) is 6.92 Å². The predicted octanol–water partition coefficient (Wildman–Crippen LogP) is 7.33. The molecule has 2 heterocycles. The number of carbonyl (C=O) groups is 2. The fourth-order valence-electron chi connectivity index (χ4n) is 4.48. The van der Waals surface area contributed by atoms with Gasteiger partial charge in [0.15, 0.2) is 0 Å². The number of amides is 2. The van der Waals surface area contributed by atoms with Gasteiger partial charge in [0.2, 0.25) is 5.91 Å². The fraction of sp³-hybridized carbons (Fsp3) is 0.121. The summed E-state index contributed by atoms with van der Waals surface area (Å²) in [4.78, 5) is 28.9. The van der Waals surface area contributed by atoms with Crippen molar-refractivity contribution in [3.63, 3.8) is 0 Å². The van der Waals surface area contributed by atoms with Crippen molar-refractivity contribution in [1.29, 1.82) is 0 Å². The van der Waals surface area contributed by atoms with Crippen LogP contribution in [0.2, 0.25) is 10.0 Å². The maximum absolute atomic E-state index is 12.5. The van der Waals surface area contributed by atoms with Gasteiger partial charge in [-0.15, -0.1) is 12.4 Å². The number of aryl methyl sites for hydroxylation is 1. The normalized spacial score (nSPS) is 10.9. The van der Waals surface area contributed by atoms with E-state index >= 15 is 0 Å². The maximum atomic E-state index is 12.5. The highest BCUT2D eigenvalue weighted by atomic mass is 35.5. The van der Waals surface area contributed by atoms with Crippen LogP contribution in [0.15, 0.2) is 91.1 Å². The average molecular weight is 636 g/mol. The molecule has 0 atom stereocenters. The van der Waals surface area contributed by atoms with Gasteiger partial charge in [0, 0.05) is 52.2 Å². The molecule has 0 aliphatic rings. The van der Waals surface area contributed by atoms with Gasteiger partial charge in [-0.25, -0.2) is 4.98 Å². The third kappa shape index (κ3) is 7.38. The number of para-hydroxylation sites is 1. The Balaban J connectivity index is 0.00000423. The molecule has 5 aromatic rings. The number of halogens is 3. The van der Waals surface area contributed by atoms with E-state index in [9.17, 15) is 9.59 Å². The molecule has 0 unspecified atom stereocenters. The summed E-state index contributed by atoms with van der Waals surface area (Å²) in [6.45, 7) is 2.37. The van der Waals surface area contributed by atoms with Gasteiger partial charge in [-0.2, -0.15) is 0 Å². The number of hydrogen-bond donors (Lipinski definition) is 2. The van der Waals surface area contributed by atoms with E-state index in [4.69, 9.17) is 27.9 Å². The minimum atomic E-state index is -0.256. The van der Waals surface area contributed by atoms with Crippen molar-refractivity contribution in [2.75, 3.05) is 7.05 Å². The van der Waals surface area contributed by atoms with Crippen molar-refractivity contribution in [1.82, 2.24) is 20.2 Å². The molecule has 220 valence electrons. The van der Waals surface area contributed by atoms with E-state index in [2.05, 4.69) is 15.6 Å². The first kappa shape index (κ1) is 31.6. The molecule has 10 heteroatoms. The van der Waals surface area contributed by atoms with Gasteiger partial charge in [0.1, 0.15) is 17.9 Å². The number of carbonyl (C=O) groups excluding carboxylic acids is 2. The topological polar surface area (TPSA) is 85.2 Å². The Hall–Kier alpha value is -4.30. The number of fused-ring (bicyclic) bond motifs is 1. The highest BCUT2D eigenvalue weighted by Crippen LogP contribution is 2.33. The minimum Gasteiger partial charge on any atom is -0.487 e. The van der Waals surface area contributed by atoms with Crippen LogP contribution in [0.3, 0.4) is 0 Å². The summed E-state index contributed by atoms with van der Waals surface area (Å²) in [5.41, 5.74) is 5.23. The Labute approximate surface area is 265 Å². The van der Waals surface area contributed by atoms with Crippen molar-refractivity contribution in [3.8, 4) is 11.4 Å². The van der Waals surface area contributed by atoms with E-state index in [1.54, 1.807) is 43.5 Å². The summed E-state index contributed by atoms with van der Waals surface area (Å²) >= 11 is 13.4. The molecule has 7 nitrogen and oxygen atoms in total. The SMILES string of the molecule is CNC(=O)c1ccc(C=CC(=O)NCc2cccn2-c2ccc(Cl)c(COc3cccc4ccc(C)nc34)c2Cl)cc1.Cl. The van der Waals surface area contributed by atoms with Gasteiger partial charge in [0.25, 0.3) is 5.91 Å². The van der Waals surface area contributed by atoms with E-state index in [-0.39, 0.29) is 37.4 Å². The Morgan fingerprint density at radius 1 is 0.977 bits per heavy atom. The molecular formula is C33H29Cl3N4O3. The summed E-state index contributed by atoms with van der Waals surface area (Å²) in [5, 5.41) is 7.41. The quantitative estimate of drug-likeness (QED) is 0.166. The Morgan fingerprint density at radius 3 is 2.53 bits per heavy atom. The van der Waals surface area contributed by atoms with Gasteiger partial charge in [-0.1, -0.05) is 53.5 Å². The molecule has 0 saturated heterocycles. The predicted molar refractivity (Wildman–Crippen MR) is 175 cm³/mol. The Morgan fingerprint density at radius 2 is 1.77 bits per heavy atom. The highest BCUT2D eigenvalue weighted by molar-refractivity contribution is 6.37. The second-order valence-electron chi connectivity index (χ2n) is 9.55. The standard InChI is InChI=1S/C33H28Cl2N4O3.ClH/c1-21-8-12-23-5-3-7-29(32(23)38-21)42-20-26-27(34)15-16-28(31(26)35)39-18-4-6-25(39)19-37-30(40)17-11-22-9-13-24(14-10-22)33(41)36-2;/h3-18H,19-20H2,1-2H3,(H,36,41)(H,37,40);1H. The van der Waals surface area contributed by atoms with Gasteiger partial charge in [-0.05, 0) is 67.1 Å². The van der Waals surface area contributed by atoms with E-state index < -0.39 is 0 Å². The third-order valence-corrected chi connectivity index (χ3v) is 7.50. The van der Waals surface area contributed by atoms with Gasteiger partial charge < -0.3 is 19.9 Å². The van der Waals surface area contributed by atoms with E-state index in [0.717, 1.165) is 27.9 Å². The lowest BCUT2D eigenvalue weighted by atomic mass is 10.1. The average Bonchev–Trinajstić information content (AvgIpc) is 3.47. The first-order valence-electron chi connectivity index (χ1n) is 13.2. The summed E-state index contributed by atoms with van der Waals surface area (Å²) in [5.74, 6) is 0.228. The lowest BCUT2D eigenvalue weighted by molar-refractivity contribution is -0.116. The van der Waals surface area contributed by atoms with Gasteiger partial charge in [0.05, 0.1) is 17.3 Å². The fourth-order valence-corrected chi connectivity index (χ4v) is 5.05. The van der Waals surface area contributed by atoms with Crippen LogP contribution in [-0.4, -0.2) is 28.4 Å². The van der Waals surface area contributed by atoms with Gasteiger partial charge >= 0.3 is 0 Å². The van der Waals surface area contributed by atoms with Crippen LogP contribution in [0.25, 0.3) is 22.7 Å². The molecule has 5 rings (SSSR count). The molecule has 0 saturated carbocycles. The van der Waals surface area contributed by atoms with Crippen LogP contribution >= 0.6 is 35.6 Å². The van der Waals surface area contributed by atoms with Crippen LogP contribution in [0.4, 0.5) is 0 Å². The lowest BCUT2D eigenvalue weighted by Crippen LogP contribution is -2.21. The molecule has 2 N–H and O–H groups in total. The van der Waals surface area contributed by atoms with E-state index in [0.29, 0.717) is 32.6 Å². The molecule has 0 radical (unpaired) electrons. The molecule has 2 amide bonds. The Bertz CT molecular complexity index is 1800. The van der Waals surface area contributed by atoms with Crippen LogP contribution in [0.5, 0.6) is 5.75 Å². The smallest absolute Gasteiger partial charge is 0.251 e. The summed E-state index contributed by atoms with van der Waals surface area (Å²) < 4.78 is 8.07. The van der Waals surface area contributed by atoms with E-state index in [1.807, 2.05) is 66.2 Å². The summed E-state index contributed by atoms with van der Waals surface area (Å²) in [7, 11) is 1.58. The van der Waals surface area contributed by atoms with Crippen LogP contribution in [0.1, 0.15) is 32.9 Å². The molecule has 0 spiro atoms. The molecule has 0 fully saturated rings. The van der Waals surface area contributed by atoms with Crippen LogP contribution in [-0.2, 0) is 17.9 Å². The number of ether oxygens (including phenoxy) is 1. The maximum Gasteiger partial charge on any atom is 0.251 e. The van der Waals surface area contributed by atoms with Crippen molar-refractivity contribution in [3.05, 3.63) is 129 Å². The lowest BCUT2D eigenvalue weighted by Gasteiger charge is -2.16. The number of hydrogen-bond acceptors (Lipinski definition) is 4. The molecule has 3 aromatic carbocycles. The number of pyridine rings is 1. The van der Waals surface area contributed by atoms with Crippen molar-refractivity contribution >= 4 is 64.4 Å². The summed E-state index contributed by atoms with van der Waals surface area (Å²) in [6.07, 6.45) is 5.02. The van der Waals surface area contributed by atoms with Gasteiger partial charge in [-0.3, -0.25) is 9.59 Å². The number of rotatable bonds is 9. The number of aromatic nitrogens is 2.